The molecule has 0 bridgehead atoms. The zero-order valence-corrected chi connectivity index (χ0v) is 10.1. The predicted molar refractivity (Wildman–Crippen MR) is 64.1 cm³/mol. The van der Waals surface area contributed by atoms with Gasteiger partial charge in [-0.3, -0.25) is 4.79 Å². The molecular formula is C12H20ClNO. The molecule has 0 aromatic heterocycles. The van der Waals surface area contributed by atoms with Crippen LogP contribution in [0.1, 0.15) is 45.4 Å². The molecule has 0 spiro atoms. The zero-order valence-electron chi connectivity index (χ0n) is 9.39. The van der Waals surface area contributed by atoms with Gasteiger partial charge < -0.3 is 5.32 Å². The number of halogens is 1. The van der Waals surface area contributed by atoms with Gasteiger partial charge in [0.1, 0.15) is 5.38 Å². The van der Waals surface area contributed by atoms with Crippen molar-refractivity contribution < 1.29 is 4.79 Å². The summed E-state index contributed by atoms with van der Waals surface area (Å²) >= 11 is 5.65. The fraction of sp³-hybridized carbons (Fsp3) is 0.750. The normalized spacial score (nSPS) is 18.9. The number of carbonyl (C=O) groups is 1. The zero-order chi connectivity index (χ0) is 11.1. The SMILES string of the molecule is CC(Cl)C(=O)NCCC1=CCCCCC1. The maximum absolute atomic E-state index is 11.2. The quantitative estimate of drug-likeness (QED) is 0.583. The molecule has 0 aromatic carbocycles. The van der Waals surface area contributed by atoms with Gasteiger partial charge in [0.15, 0.2) is 0 Å². The number of amides is 1. The fourth-order valence-corrected chi connectivity index (χ4v) is 1.87. The summed E-state index contributed by atoms with van der Waals surface area (Å²) in [5.41, 5.74) is 1.50. The highest BCUT2D eigenvalue weighted by atomic mass is 35.5. The molecule has 1 aliphatic carbocycles. The summed E-state index contributed by atoms with van der Waals surface area (Å²) in [5, 5.41) is 2.42. The van der Waals surface area contributed by atoms with Crippen molar-refractivity contribution in [2.75, 3.05) is 6.54 Å². The van der Waals surface area contributed by atoms with Gasteiger partial charge in [-0.25, -0.2) is 0 Å². The fourth-order valence-electron chi connectivity index (χ4n) is 1.80. The summed E-state index contributed by atoms with van der Waals surface area (Å²) in [7, 11) is 0. The first-order chi connectivity index (χ1) is 7.20. The van der Waals surface area contributed by atoms with Crippen molar-refractivity contribution in [2.24, 2.45) is 0 Å². The molecule has 0 saturated heterocycles. The lowest BCUT2D eigenvalue weighted by atomic mass is 10.1. The molecule has 0 radical (unpaired) electrons. The minimum absolute atomic E-state index is 0.0640. The Morgan fingerprint density at radius 1 is 1.53 bits per heavy atom. The smallest absolute Gasteiger partial charge is 0.237 e. The molecule has 2 nitrogen and oxygen atoms in total. The molecule has 0 heterocycles. The third-order valence-corrected chi connectivity index (χ3v) is 2.94. The summed E-state index contributed by atoms with van der Waals surface area (Å²) in [5.74, 6) is -0.0640. The highest BCUT2D eigenvalue weighted by Gasteiger charge is 2.08. The molecular weight excluding hydrogens is 210 g/mol. The third-order valence-electron chi connectivity index (χ3n) is 2.74. The maximum atomic E-state index is 11.2. The molecule has 0 aromatic rings. The average Bonchev–Trinajstić information content (AvgIpc) is 2.46. The Morgan fingerprint density at radius 2 is 2.33 bits per heavy atom. The molecule has 1 atom stereocenters. The van der Waals surface area contributed by atoms with Gasteiger partial charge >= 0.3 is 0 Å². The van der Waals surface area contributed by atoms with Gasteiger partial charge in [0.05, 0.1) is 0 Å². The number of hydrogen-bond donors (Lipinski definition) is 1. The Balaban J connectivity index is 2.18. The molecule has 1 unspecified atom stereocenters. The lowest BCUT2D eigenvalue weighted by Crippen LogP contribution is -2.30. The van der Waals surface area contributed by atoms with E-state index in [4.69, 9.17) is 11.6 Å². The lowest BCUT2D eigenvalue weighted by molar-refractivity contribution is -0.120. The largest absolute Gasteiger partial charge is 0.355 e. The van der Waals surface area contributed by atoms with Crippen LogP contribution >= 0.6 is 11.6 Å². The van der Waals surface area contributed by atoms with Crippen molar-refractivity contribution >= 4 is 17.5 Å². The van der Waals surface area contributed by atoms with Gasteiger partial charge in [0.25, 0.3) is 0 Å². The Kier molecular flexibility index (Phi) is 5.77. The summed E-state index contributed by atoms with van der Waals surface area (Å²) in [6.45, 7) is 2.42. The highest BCUT2D eigenvalue weighted by Crippen LogP contribution is 2.19. The summed E-state index contributed by atoms with van der Waals surface area (Å²) in [6, 6.07) is 0. The Hall–Kier alpha value is -0.500. The minimum atomic E-state index is -0.423. The monoisotopic (exact) mass is 229 g/mol. The van der Waals surface area contributed by atoms with Crippen LogP contribution in [0.2, 0.25) is 0 Å². The van der Waals surface area contributed by atoms with E-state index >= 15 is 0 Å². The number of alkyl halides is 1. The maximum Gasteiger partial charge on any atom is 0.237 e. The van der Waals surface area contributed by atoms with Crippen molar-refractivity contribution in [1.29, 1.82) is 0 Å². The number of allylic oxidation sites excluding steroid dienone is 1. The highest BCUT2D eigenvalue weighted by molar-refractivity contribution is 6.30. The van der Waals surface area contributed by atoms with Crippen molar-refractivity contribution in [3.8, 4) is 0 Å². The van der Waals surface area contributed by atoms with Crippen LogP contribution in [0.4, 0.5) is 0 Å². The van der Waals surface area contributed by atoms with Crippen LogP contribution in [0.5, 0.6) is 0 Å². The standard InChI is InChI=1S/C12H20ClNO/c1-10(13)12(15)14-9-8-11-6-4-2-3-5-7-11/h6,10H,2-5,7-9H2,1H3,(H,14,15). The van der Waals surface area contributed by atoms with Gasteiger partial charge in [-0.15, -0.1) is 11.6 Å². The van der Waals surface area contributed by atoms with Crippen molar-refractivity contribution in [3.63, 3.8) is 0 Å². The van der Waals surface area contributed by atoms with Crippen LogP contribution in [0.15, 0.2) is 11.6 Å². The Labute approximate surface area is 97.1 Å². The second-order valence-electron chi connectivity index (χ2n) is 4.12. The van der Waals surface area contributed by atoms with Crippen LogP contribution in [0.3, 0.4) is 0 Å². The van der Waals surface area contributed by atoms with Gasteiger partial charge in [0.2, 0.25) is 5.91 Å². The van der Waals surface area contributed by atoms with Crippen molar-refractivity contribution in [2.45, 2.75) is 50.8 Å². The Bertz CT molecular complexity index is 236. The van der Waals surface area contributed by atoms with Crippen LogP contribution < -0.4 is 5.32 Å². The second kappa shape index (κ2) is 6.89. The van der Waals surface area contributed by atoms with Crippen LogP contribution in [0, 0.1) is 0 Å². The Morgan fingerprint density at radius 3 is 3.07 bits per heavy atom. The summed E-state index contributed by atoms with van der Waals surface area (Å²) in [4.78, 5) is 11.2. The van der Waals surface area contributed by atoms with E-state index in [1.165, 1.54) is 37.7 Å². The molecule has 1 rings (SSSR count). The van der Waals surface area contributed by atoms with E-state index in [0.29, 0.717) is 0 Å². The first-order valence-electron chi connectivity index (χ1n) is 5.80. The van der Waals surface area contributed by atoms with E-state index < -0.39 is 5.38 Å². The van der Waals surface area contributed by atoms with Gasteiger partial charge in [-0.1, -0.05) is 18.1 Å². The molecule has 3 heteroatoms. The number of rotatable bonds is 4. The van der Waals surface area contributed by atoms with E-state index in [9.17, 15) is 4.79 Å². The number of nitrogens with one attached hydrogen (secondary N) is 1. The topological polar surface area (TPSA) is 29.1 Å². The van der Waals surface area contributed by atoms with Crippen LogP contribution in [-0.2, 0) is 4.79 Å². The predicted octanol–water partition coefficient (Wildman–Crippen LogP) is 3.01. The molecule has 0 saturated carbocycles. The molecule has 86 valence electrons. The third kappa shape index (κ3) is 5.22. The number of hydrogen-bond acceptors (Lipinski definition) is 1. The second-order valence-corrected chi connectivity index (χ2v) is 4.77. The van der Waals surface area contributed by atoms with E-state index in [0.717, 1.165) is 13.0 Å². The first-order valence-corrected chi connectivity index (χ1v) is 6.23. The van der Waals surface area contributed by atoms with E-state index in [-0.39, 0.29) is 5.91 Å². The molecule has 1 aliphatic rings. The van der Waals surface area contributed by atoms with E-state index in [1.54, 1.807) is 6.92 Å². The molecule has 1 N–H and O–H groups in total. The summed E-state index contributed by atoms with van der Waals surface area (Å²) in [6.07, 6.45) is 9.67. The first kappa shape index (κ1) is 12.6. The molecule has 15 heavy (non-hydrogen) atoms. The number of carbonyl (C=O) groups excluding carboxylic acids is 1. The summed E-state index contributed by atoms with van der Waals surface area (Å²) < 4.78 is 0. The van der Waals surface area contributed by atoms with Crippen molar-refractivity contribution in [1.82, 2.24) is 5.32 Å². The van der Waals surface area contributed by atoms with Gasteiger partial charge in [0, 0.05) is 6.54 Å². The molecule has 0 fully saturated rings. The van der Waals surface area contributed by atoms with E-state index in [1.807, 2.05) is 0 Å². The van der Waals surface area contributed by atoms with Crippen LogP contribution in [-0.4, -0.2) is 17.8 Å². The van der Waals surface area contributed by atoms with Crippen molar-refractivity contribution in [3.05, 3.63) is 11.6 Å². The average molecular weight is 230 g/mol. The molecule has 0 aliphatic heterocycles. The lowest BCUT2D eigenvalue weighted by Gasteiger charge is -2.08. The molecule has 1 amide bonds. The van der Waals surface area contributed by atoms with Gasteiger partial charge in [-0.2, -0.15) is 0 Å². The van der Waals surface area contributed by atoms with Crippen LogP contribution in [0.25, 0.3) is 0 Å². The minimum Gasteiger partial charge on any atom is -0.355 e. The van der Waals surface area contributed by atoms with Gasteiger partial charge in [-0.05, 0) is 39.0 Å². The van der Waals surface area contributed by atoms with E-state index in [2.05, 4.69) is 11.4 Å².